The van der Waals surface area contributed by atoms with E-state index in [1.54, 1.807) is 0 Å². The van der Waals surface area contributed by atoms with Crippen LogP contribution in [0.4, 0.5) is 0 Å². The van der Waals surface area contributed by atoms with Gasteiger partial charge in [0.1, 0.15) is 0 Å². The molecule has 0 aromatic carbocycles. The molecular formula is C14H27N. The molecule has 0 aromatic rings. The molecule has 2 aliphatic carbocycles. The molecule has 0 bridgehead atoms. The summed E-state index contributed by atoms with van der Waals surface area (Å²) in [4.78, 5) is 0. The number of hydrogen-bond acceptors (Lipinski definition) is 1. The molecule has 0 radical (unpaired) electrons. The number of hydrogen-bond donors (Lipinski definition) is 1. The first-order valence-corrected chi connectivity index (χ1v) is 6.95. The zero-order valence-electron chi connectivity index (χ0n) is 10.6. The lowest BCUT2D eigenvalue weighted by molar-refractivity contribution is 0.363. The molecular weight excluding hydrogens is 182 g/mol. The molecule has 2 aliphatic rings. The van der Waals surface area contributed by atoms with Crippen LogP contribution in [0, 0.1) is 23.7 Å². The van der Waals surface area contributed by atoms with Crippen molar-refractivity contribution in [3.05, 3.63) is 0 Å². The van der Waals surface area contributed by atoms with Gasteiger partial charge >= 0.3 is 0 Å². The van der Waals surface area contributed by atoms with Crippen molar-refractivity contribution in [3.63, 3.8) is 0 Å². The van der Waals surface area contributed by atoms with E-state index in [1.807, 2.05) is 0 Å². The molecule has 0 aromatic heterocycles. The Balaban J connectivity index is 1.85. The Morgan fingerprint density at radius 3 is 2.27 bits per heavy atom. The van der Waals surface area contributed by atoms with E-state index >= 15 is 0 Å². The van der Waals surface area contributed by atoms with Crippen LogP contribution in [-0.4, -0.2) is 13.1 Å². The molecule has 4 atom stereocenters. The van der Waals surface area contributed by atoms with Gasteiger partial charge < -0.3 is 5.32 Å². The number of nitrogens with one attached hydrogen (secondary N) is 1. The fourth-order valence-electron chi connectivity index (χ4n) is 3.71. The Morgan fingerprint density at radius 1 is 1.20 bits per heavy atom. The largest absolute Gasteiger partial charge is 0.317 e. The van der Waals surface area contributed by atoms with Crippen molar-refractivity contribution in [3.8, 4) is 0 Å². The van der Waals surface area contributed by atoms with Gasteiger partial charge in [-0.3, -0.25) is 0 Å². The zero-order valence-corrected chi connectivity index (χ0v) is 10.6. The van der Waals surface area contributed by atoms with Crippen LogP contribution in [0.25, 0.3) is 0 Å². The average molecular weight is 209 g/mol. The summed E-state index contributed by atoms with van der Waals surface area (Å²) in [5, 5.41) is 3.59. The van der Waals surface area contributed by atoms with Crippen molar-refractivity contribution in [2.45, 2.75) is 58.4 Å². The zero-order chi connectivity index (χ0) is 10.8. The molecule has 0 saturated heterocycles. The molecule has 1 nitrogen and oxygen atoms in total. The van der Waals surface area contributed by atoms with E-state index in [0.717, 1.165) is 29.7 Å². The van der Waals surface area contributed by atoms with E-state index in [-0.39, 0.29) is 0 Å². The van der Waals surface area contributed by atoms with Crippen molar-refractivity contribution in [2.24, 2.45) is 23.7 Å². The van der Waals surface area contributed by atoms with E-state index < -0.39 is 0 Å². The summed E-state index contributed by atoms with van der Waals surface area (Å²) < 4.78 is 0. The van der Waals surface area contributed by atoms with E-state index in [9.17, 15) is 0 Å². The minimum atomic E-state index is 0.813. The second kappa shape index (κ2) is 4.86. The van der Waals surface area contributed by atoms with Gasteiger partial charge in [0.05, 0.1) is 0 Å². The molecule has 0 amide bonds. The third-order valence-corrected chi connectivity index (χ3v) is 4.91. The lowest BCUT2D eigenvalue weighted by atomic mass is 9.95. The monoisotopic (exact) mass is 209 g/mol. The van der Waals surface area contributed by atoms with Crippen molar-refractivity contribution in [2.75, 3.05) is 7.05 Å². The van der Waals surface area contributed by atoms with Crippen molar-refractivity contribution in [1.82, 2.24) is 5.32 Å². The van der Waals surface area contributed by atoms with Crippen molar-refractivity contribution >= 4 is 0 Å². The van der Waals surface area contributed by atoms with Gasteiger partial charge in [-0.1, -0.05) is 33.1 Å². The van der Waals surface area contributed by atoms with E-state index in [1.165, 1.54) is 38.5 Å². The lowest BCUT2D eigenvalue weighted by Crippen LogP contribution is -2.30. The normalized spacial score (nSPS) is 38.2. The van der Waals surface area contributed by atoms with Gasteiger partial charge in [0.2, 0.25) is 0 Å². The molecule has 2 fully saturated rings. The molecule has 15 heavy (non-hydrogen) atoms. The Labute approximate surface area is 95.0 Å². The minimum Gasteiger partial charge on any atom is -0.317 e. The van der Waals surface area contributed by atoms with Crippen LogP contribution in [0.5, 0.6) is 0 Å². The van der Waals surface area contributed by atoms with Gasteiger partial charge in [-0.05, 0) is 50.0 Å². The van der Waals surface area contributed by atoms with E-state index in [2.05, 4.69) is 26.2 Å². The third kappa shape index (κ3) is 2.38. The molecule has 1 N–H and O–H groups in total. The molecule has 0 heterocycles. The fourth-order valence-corrected chi connectivity index (χ4v) is 3.71. The second-order valence-electron chi connectivity index (χ2n) is 5.83. The maximum absolute atomic E-state index is 3.59. The first-order valence-electron chi connectivity index (χ1n) is 6.95. The summed E-state index contributed by atoms with van der Waals surface area (Å²) in [5.41, 5.74) is 0. The van der Waals surface area contributed by atoms with Crippen LogP contribution < -0.4 is 5.32 Å². The van der Waals surface area contributed by atoms with Crippen LogP contribution in [0.2, 0.25) is 0 Å². The van der Waals surface area contributed by atoms with E-state index in [4.69, 9.17) is 0 Å². The maximum atomic E-state index is 3.59. The molecule has 2 rings (SSSR count). The summed E-state index contributed by atoms with van der Waals surface area (Å²) >= 11 is 0. The SMILES string of the molecule is CCC(C)CC(NC)C1C2CCCCC21. The summed E-state index contributed by atoms with van der Waals surface area (Å²) in [7, 11) is 2.16. The van der Waals surface area contributed by atoms with Crippen LogP contribution in [0.15, 0.2) is 0 Å². The summed E-state index contributed by atoms with van der Waals surface area (Å²) in [5.74, 6) is 4.12. The highest BCUT2D eigenvalue weighted by Gasteiger charge is 2.53. The van der Waals surface area contributed by atoms with E-state index in [0.29, 0.717) is 0 Å². The number of rotatable bonds is 5. The fraction of sp³-hybridized carbons (Fsp3) is 1.00. The molecule has 1 heteroatoms. The van der Waals surface area contributed by atoms with Crippen LogP contribution in [0.1, 0.15) is 52.4 Å². The lowest BCUT2D eigenvalue weighted by Gasteiger charge is -2.20. The predicted octanol–water partition coefficient (Wildman–Crippen LogP) is 3.45. The maximum Gasteiger partial charge on any atom is 0.0100 e. The Morgan fingerprint density at radius 2 is 1.80 bits per heavy atom. The highest BCUT2D eigenvalue weighted by molar-refractivity contribution is 5.04. The van der Waals surface area contributed by atoms with Gasteiger partial charge in [0, 0.05) is 6.04 Å². The number of fused-ring (bicyclic) bond motifs is 1. The Bertz CT molecular complexity index is 190. The molecule has 88 valence electrons. The van der Waals surface area contributed by atoms with Gasteiger partial charge in [-0.2, -0.15) is 0 Å². The van der Waals surface area contributed by atoms with Crippen molar-refractivity contribution in [1.29, 1.82) is 0 Å². The van der Waals surface area contributed by atoms with Gasteiger partial charge in [0.25, 0.3) is 0 Å². The topological polar surface area (TPSA) is 12.0 Å². The predicted molar refractivity (Wildman–Crippen MR) is 65.9 cm³/mol. The van der Waals surface area contributed by atoms with Gasteiger partial charge in [0.15, 0.2) is 0 Å². The van der Waals surface area contributed by atoms with Crippen LogP contribution in [-0.2, 0) is 0 Å². The van der Waals surface area contributed by atoms with Gasteiger partial charge in [-0.25, -0.2) is 0 Å². The summed E-state index contributed by atoms with van der Waals surface area (Å²) in [6.45, 7) is 4.72. The quantitative estimate of drug-likeness (QED) is 0.731. The smallest absolute Gasteiger partial charge is 0.0100 e. The standard InChI is InChI=1S/C14H27N/c1-4-10(2)9-13(15-3)14-11-7-5-6-8-12(11)14/h10-15H,4-9H2,1-3H3. The third-order valence-electron chi connectivity index (χ3n) is 4.91. The first-order chi connectivity index (χ1) is 7.27. The minimum absolute atomic E-state index is 0.813. The molecule has 4 unspecified atom stereocenters. The first kappa shape index (κ1) is 11.4. The van der Waals surface area contributed by atoms with Crippen LogP contribution >= 0.6 is 0 Å². The second-order valence-corrected chi connectivity index (χ2v) is 5.83. The summed E-state index contributed by atoms with van der Waals surface area (Å²) in [6.07, 6.45) is 8.77. The Hall–Kier alpha value is -0.0400. The average Bonchev–Trinajstić information content (AvgIpc) is 3.00. The van der Waals surface area contributed by atoms with Crippen molar-refractivity contribution < 1.29 is 0 Å². The highest BCUT2D eigenvalue weighted by Crippen LogP contribution is 2.57. The Kier molecular flexibility index (Phi) is 3.71. The highest BCUT2D eigenvalue weighted by atomic mass is 14.9. The molecule has 2 saturated carbocycles. The molecule has 0 spiro atoms. The summed E-state index contributed by atoms with van der Waals surface area (Å²) in [6, 6.07) is 0.813. The van der Waals surface area contributed by atoms with Crippen LogP contribution in [0.3, 0.4) is 0 Å². The van der Waals surface area contributed by atoms with Gasteiger partial charge in [-0.15, -0.1) is 0 Å². The molecule has 0 aliphatic heterocycles.